The van der Waals surface area contributed by atoms with E-state index in [9.17, 15) is 15.0 Å². The number of aromatic nitrogens is 2. The number of anilines is 1. The SMILES string of the molecule is O=C(Nc1nnc(-c2cccc(O)c2O)s1)C1CCCCC1. The van der Waals surface area contributed by atoms with Crippen molar-refractivity contribution < 1.29 is 15.0 Å². The predicted octanol–water partition coefficient (Wildman–Crippen LogP) is 3.14. The Morgan fingerprint density at radius 3 is 2.73 bits per heavy atom. The Kier molecular flexibility index (Phi) is 4.24. The summed E-state index contributed by atoms with van der Waals surface area (Å²) in [6.45, 7) is 0. The second-order valence-corrected chi connectivity index (χ2v) is 6.39. The van der Waals surface area contributed by atoms with Crippen LogP contribution < -0.4 is 5.32 Å². The zero-order valence-corrected chi connectivity index (χ0v) is 12.8. The van der Waals surface area contributed by atoms with E-state index in [1.165, 1.54) is 23.8 Å². The molecule has 0 radical (unpaired) electrons. The number of phenols is 2. The Hall–Kier alpha value is -2.15. The quantitative estimate of drug-likeness (QED) is 0.755. The van der Waals surface area contributed by atoms with Gasteiger partial charge in [-0.05, 0) is 25.0 Å². The third-order valence-electron chi connectivity index (χ3n) is 3.88. The van der Waals surface area contributed by atoms with Crippen LogP contribution in [0, 0.1) is 5.92 Å². The average molecular weight is 319 g/mol. The van der Waals surface area contributed by atoms with Crippen LogP contribution in [-0.2, 0) is 4.79 Å². The smallest absolute Gasteiger partial charge is 0.229 e. The Bertz CT molecular complexity index is 680. The minimum absolute atomic E-state index is 0.0115. The Morgan fingerprint density at radius 2 is 1.95 bits per heavy atom. The minimum atomic E-state index is -0.233. The van der Waals surface area contributed by atoms with Crippen molar-refractivity contribution in [1.29, 1.82) is 0 Å². The van der Waals surface area contributed by atoms with Crippen LogP contribution in [-0.4, -0.2) is 26.3 Å². The fraction of sp³-hybridized carbons (Fsp3) is 0.400. The van der Waals surface area contributed by atoms with E-state index in [1.54, 1.807) is 12.1 Å². The lowest BCUT2D eigenvalue weighted by Gasteiger charge is -2.19. The van der Waals surface area contributed by atoms with Gasteiger partial charge < -0.3 is 15.5 Å². The van der Waals surface area contributed by atoms with E-state index < -0.39 is 0 Å². The Morgan fingerprint density at radius 1 is 1.18 bits per heavy atom. The van der Waals surface area contributed by atoms with Crippen LogP contribution in [0.25, 0.3) is 10.6 Å². The van der Waals surface area contributed by atoms with Gasteiger partial charge in [0.05, 0.1) is 5.56 Å². The van der Waals surface area contributed by atoms with E-state index >= 15 is 0 Å². The lowest BCUT2D eigenvalue weighted by atomic mass is 9.89. The van der Waals surface area contributed by atoms with E-state index in [4.69, 9.17) is 0 Å². The minimum Gasteiger partial charge on any atom is -0.504 e. The first-order valence-electron chi connectivity index (χ1n) is 7.31. The maximum Gasteiger partial charge on any atom is 0.229 e. The first-order chi connectivity index (χ1) is 10.6. The number of carbonyl (C=O) groups excluding carboxylic acids is 1. The van der Waals surface area contributed by atoms with Crippen LogP contribution in [0.15, 0.2) is 18.2 Å². The Labute approximate surface area is 131 Å². The van der Waals surface area contributed by atoms with Crippen molar-refractivity contribution in [2.45, 2.75) is 32.1 Å². The molecule has 1 heterocycles. The fourth-order valence-electron chi connectivity index (χ4n) is 2.66. The topological polar surface area (TPSA) is 95.3 Å². The first kappa shape index (κ1) is 14.8. The molecular weight excluding hydrogens is 302 g/mol. The summed E-state index contributed by atoms with van der Waals surface area (Å²) in [5.41, 5.74) is 0.399. The molecule has 1 amide bonds. The molecule has 6 nitrogen and oxygen atoms in total. The maximum atomic E-state index is 12.2. The van der Waals surface area contributed by atoms with Gasteiger partial charge in [0.2, 0.25) is 11.0 Å². The van der Waals surface area contributed by atoms with Crippen molar-refractivity contribution in [2.75, 3.05) is 5.32 Å². The van der Waals surface area contributed by atoms with E-state index in [-0.39, 0.29) is 23.3 Å². The largest absolute Gasteiger partial charge is 0.504 e. The number of nitrogens with zero attached hydrogens (tertiary/aromatic N) is 2. The molecule has 116 valence electrons. The molecule has 1 fully saturated rings. The van der Waals surface area contributed by atoms with Gasteiger partial charge in [0, 0.05) is 5.92 Å². The van der Waals surface area contributed by atoms with Crippen LogP contribution in [0.2, 0.25) is 0 Å². The number of amides is 1. The number of benzene rings is 1. The lowest BCUT2D eigenvalue weighted by Crippen LogP contribution is -2.24. The highest BCUT2D eigenvalue weighted by Gasteiger charge is 2.22. The molecule has 0 spiro atoms. The summed E-state index contributed by atoms with van der Waals surface area (Å²) < 4.78 is 0. The van der Waals surface area contributed by atoms with Crippen molar-refractivity contribution >= 4 is 22.4 Å². The normalized spacial score (nSPS) is 15.6. The number of aromatic hydroxyl groups is 2. The number of hydrogen-bond acceptors (Lipinski definition) is 6. The zero-order chi connectivity index (χ0) is 15.5. The fourth-order valence-corrected chi connectivity index (χ4v) is 3.43. The van der Waals surface area contributed by atoms with E-state index in [1.807, 2.05) is 0 Å². The van der Waals surface area contributed by atoms with Gasteiger partial charge in [0.1, 0.15) is 0 Å². The zero-order valence-electron chi connectivity index (χ0n) is 12.0. The van der Waals surface area contributed by atoms with Crippen molar-refractivity contribution in [3.05, 3.63) is 18.2 Å². The average Bonchev–Trinajstić information content (AvgIpc) is 2.99. The number of rotatable bonds is 3. The van der Waals surface area contributed by atoms with Gasteiger partial charge in [-0.2, -0.15) is 0 Å². The monoisotopic (exact) mass is 319 g/mol. The number of carbonyl (C=O) groups is 1. The van der Waals surface area contributed by atoms with Crippen molar-refractivity contribution in [2.24, 2.45) is 5.92 Å². The third-order valence-corrected chi connectivity index (χ3v) is 4.75. The molecule has 0 aliphatic heterocycles. The molecular formula is C15H17N3O3S. The first-order valence-corrected chi connectivity index (χ1v) is 8.12. The van der Waals surface area contributed by atoms with E-state index in [2.05, 4.69) is 15.5 Å². The van der Waals surface area contributed by atoms with Crippen LogP contribution in [0.3, 0.4) is 0 Å². The molecule has 22 heavy (non-hydrogen) atoms. The van der Waals surface area contributed by atoms with Gasteiger partial charge in [-0.3, -0.25) is 4.79 Å². The van der Waals surface area contributed by atoms with Crippen LogP contribution >= 0.6 is 11.3 Å². The van der Waals surface area contributed by atoms with Gasteiger partial charge in [0.25, 0.3) is 0 Å². The highest BCUT2D eigenvalue weighted by molar-refractivity contribution is 7.18. The number of nitrogens with one attached hydrogen (secondary N) is 1. The van der Waals surface area contributed by atoms with Crippen LogP contribution in [0.4, 0.5) is 5.13 Å². The molecule has 1 saturated carbocycles. The molecule has 7 heteroatoms. The predicted molar refractivity (Wildman–Crippen MR) is 83.9 cm³/mol. The molecule has 1 aromatic carbocycles. The van der Waals surface area contributed by atoms with Gasteiger partial charge in [0.15, 0.2) is 16.5 Å². The van der Waals surface area contributed by atoms with E-state index in [0.29, 0.717) is 15.7 Å². The van der Waals surface area contributed by atoms with Crippen molar-refractivity contribution in [1.82, 2.24) is 10.2 Å². The summed E-state index contributed by atoms with van der Waals surface area (Å²) in [5.74, 6) is -0.401. The maximum absolute atomic E-state index is 12.2. The molecule has 1 aliphatic rings. The number of phenolic OH excluding ortho intramolecular Hbond substituents is 2. The summed E-state index contributed by atoms with van der Waals surface area (Å²) in [6.07, 6.45) is 5.23. The highest BCUT2D eigenvalue weighted by Crippen LogP contribution is 2.38. The summed E-state index contributed by atoms with van der Waals surface area (Å²) in [6, 6.07) is 4.65. The summed E-state index contributed by atoms with van der Waals surface area (Å²) in [4.78, 5) is 12.2. The summed E-state index contributed by atoms with van der Waals surface area (Å²) in [7, 11) is 0. The molecule has 0 saturated heterocycles. The molecule has 1 aliphatic carbocycles. The number of hydrogen-bond donors (Lipinski definition) is 3. The molecule has 3 rings (SSSR count). The van der Waals surface area contributed by atoms with E-state index in [0.717, 1.165) is 25.7 Å². The molecule has 1 aromatic heterocycles. The van der Waals surface area contributed by atoms with Gasteiger partial charge in [-0.15, -0.1) is 10.2 Å². The van der Waals surface area contributed by atoms with Gasteiger partial charge >= 0.3 is 0 Å². The van der Waals surface area contributed by atoms with Crippen molar-refractivity contribution in [3.63, 3.8) is 0 Å². The van der Waals surface area contributed by atoms with Crippen LogP contribution in [0.1, 0.15) is 32.1 Å². The number of para-hydroxylation sites is 1. The van der Waals surface area contributed by atoms with Gasteiger partial charge in [-0.25, -0.2) is 0 Å². The molecule has 0 unspecified atom stereocenters. The summed E-state index contributed by atoms with van der Waals surface area (Å²) in [5, 5.41) is 30.9. The highest BCUT2D eigenvalue weighted by atomic mass is 32.1. The molecule has 0 atom stereocenters. The third kappa shape index (κ3) is 3.04. The van der Waals surface area contributed by atoms with Gasteiger partial charge in [-0.1, -0.05) is 36.7 Å². The molecule has 0 bridgehead atoms. The van der Waals surface area contributed by atoms with Crippen molar-refractivity contribution in [3.8, 4) is 22.1 Å². The summed E-state index contributed by atoms with van der Waals surface area (Å²) >= 11 is 1.18. The lowest BCUT2D eigenvalue weighted by molar-refractivity contribution is -0.120. The molecule has 3 N–H and O–H groups in total. The Balaban J connectivity index is 1.73. The molecule has 2 aromatic rings. The second kappa shape index (κ2) is 6.31. The standard InChI is InChI=1S/C15H17N3O3S/c19-11-8-4-7-10(12(11)20)14-17-18-15(22-14)16-13(21)9-5-2-1-3-6-9/h4,7-9,19-20H,1-3,5-6H2,(H,16,18,21). The second-order valence-electron chi connectivity index (χ2n) is 5.41. The van der Waals surface area contributed by atoms with Crippen LogP contribution in [0.5, 0.6) is 11.5 Å².